The second-order valence-corrected chi connectivity index (χ2v) is 10.7. The summed E-state index contributed by atoms with van der Waals surface area (Å²) < 4.78 is 36.6. The van der Waals surface area contributed by atoms with Gasteiger partial charge in [0.1, 0.15) is 0 Å². The number of nitrogens with one attached hydrogen (secondary N) is 1. The van der Waals surface area contributed by atoms with E-state index in [9.17, 15) is 13.6 Å². The fourth-order valence-electron chi connectivity index (χ4n) is 6.44. The lowest BCUT2D eigenvalue weighted by molar-refractivity contribution is 0.0563. The number of nitrogens with zero attached hydrogens (tertiary/aromatic N) is 5. The van der Waals surface area contributed by atoms with E-state index in [-0.39, 0.29) is 23.7 Å². The first-order chi connectivity index (χ1) is 19.4. The third-order valence-electron chi connectivity index (χ3n) is 8.51. The summed E-state index contributed by atoms with van der Waals surface area (Å²) in [5, 5.41) is 7.93. The van der Waals surface area contributed by atoms with Gasteiger partial charge in [-0.2, -0.15) is 5.10 Å². The highest BCUT2D eigenvalue weighted by Crippen LogP contribution is 2.43. The van der Waals surface area contributed by atoms with Crippen LogP contribution in [0, 0.1) is 0 Å². The Balaban J connectivity index is 1.60. The van der Waals surface area contributed by atoms with E-state index >= 15 is 0 Å². The van der Waals surface area contributed by atoms with E-state index in [4.69, 9.17) is 15.6 Å². The second kappa shape index (κ2) is 12.0. The Hall–Kier alpha value is -3.47. The lowest BCUT2D eigenvalue weighted by Crippen LogP contribution is -2.42. The molecule has 1 aromatic heterocycles. The van der Waals surface area contributed by atoms with Gasteiger partial charge in [-0.05, 0) is 61.8 Å². The van der Waals surface area contributed by atoms with Crippen molar-refractivity contribution in [3.8, 4) is 0 Å². The minimum absolute atomic E-state index is 0.0829. The Kier molecular flexibility index (Phi) is 8.39. The molecule has 1 fully saturated rings. The molecule has 11 heteroatoms. The molecule has 0 saturated heterocycles. The summed E-state index contributed by atoms with van der Waals surface area (Å²) in [5.41, 5.74) is 10.4. The number of carbonyl (C=O) groups excluding carboxylic acids is 1. The van der Waals surface area contributed by atoms with Crippen LogP contribution in [0.15, 0.2) is 23.3 Å². The Bertz CT molecular complexity index is 1300. The molecule has 9 nitrogen and oxygen atoms in total. The number of urea groups is 1. The Morgan fingerprint density at radius 2 is 2.00 bits per heavy atom. The van der Waals surface area contributed by atoms with Gasteiger partial charge in [-0.15, -0.1) is 0 Å². The van der Waals surface area contributed by atoms with Gasteiger partial charge in [-0.3, -0.25) is 9.67 Å². The van der Waals surface area contributed by atoms with E-state index in [0.29, 0.717) is 37.2 Å². The van der Waals surface area contributed by atoms with E-state index in [2.05, 4.69) is 19.9 Å². The van der Waals surface area contributed by atoms with Crippen LogP contribution in [-0.4, -0.2) is 67.3 Å². The molecule has 1 aliphatic carbocycles. The number of benzene rings is 1. The average Bonchev–Trinajstić information content (AvgIpc) is 3.37. The van der Waals surface area contributed by atoms with Gasteiger partial charge in [-0.1, -0.05) is 0 Å². The predicted octanol–water partition coefficient (Wildman–Crippen LogP) is 4.73. The lowest BCUT2D eigenvalue weighted by atomic mass is 9.92. The van der Waals surface area contributed by atoms with Crippen LogP contribution in [0.4, 0.5) is 25.1 Å². The SMILES string of the molecule is CN=CC(=CN)c1cc2c(cc1C(F)F)N(c1nn(C3CCC(OC)CC3)c3c1CN(C(=O)NC)CC3)CCC2. The first-order valence-corrected chi connectivity index (χ1v) is 14.1. The average molecular weight is 556 g/mol. The number of alkyl halides is 2. The first kappa shape index (κ1) is 28.1. The highest BCUT2D eigenvalue weighted by Gasteiger charge is 2.35. The zero-order valence-corrected chi connectivity index (χ0v) is 23.5. The summed E-state index contributed by atoms with van der Waals surface area (Å²) >= 11 is 0. The number of aryl methyl sites for hydroxylation is 1. The molecule has 3 N–H and O–H groups in total. The van der Waals surface area contributed by atoms with Gasteiger partial charge in [0.25, 0.3) is 6.43 Å². The molecular weight excluding hydrogens is 516 g/mol. The number of aromatic nitrogens is 2. The van der Waals surface area contributed by atoms with Crippen molar-refractivity contribution in [1.82, 2.24) is 20.0 Å². The number of hydrogen-bond donors (Lipinski definition) is 2. The van der Waals surface area contributed by atoms with Gasteiger partial charge in [0.15, 0.2) is 5.82 Å². The van der Waals surface area contributed by atoms with Crippen LogP contribution in [-0.2, 0) is 24.1 Å². The summed E-state index contributed by atoms with van der Waals surface area (Å²) in [5.74, 6) is 0.760. The molecule has 1 saturated carbocycles. The van der Waals surface area contributed by atoms with Crippen molar-refractivity contribution in [1.29, 1.82) is 0 Å². The highest BCUT2D eigenvalue weighted by atomic mass is 19.3. The molecule has 2 amide bonds. The normalized spacial score (nSPS) is 21.6. The summed E-state index contributed by atoms with van der Waals surface area (Å²) in [4.78, 5) is 20.5. The Morgan fingerprint density at radius 1 is 1.23 bits per heavy atom. The first-order valence-electron chi connectivity index (χ1n) is 14.1. The third-order valence-corrected chi connectivity index (χ3v) is 8.51. The molecule has 0 spiro atoms. The molecular formula is C29H39F2N7O2. The number of halogens is 2. The monoisotopic (exact) mass is 555 g/mol. The Labute approximate surface area is 234 Å². The molecule has 1 aromatic carbocycles. The fraction of sp³-hybridized carbons (Fsp3) is 0.552. The van der Waals surface area contributed by atoms with Crippen molar-refractivity contribution in [2.45, 2.75) is 70.1 Å². The van der Waals surface area contributed by atoms with Crippen LogP contribution in [0.5, 0.6) is 0 Å². The summed E-state index contributed by atoms with van der Waals surface area (Å²) in [6, 6.07) is 3.53. The highest BCUT2D eigenvalue weighted by molar-refractivity contribution is 6.10. The summed E-state index contributed by atoms with van der Waals surface area (Å²) in [7, 11) is 4.99. The quantitative estimate of drug-likeness (QED) is 0.502. The number of ether oxygens (including phenoxy) is 1. The molecule has 0 unspecified atom stereocenters. The smallest absolute Gasteiger partial charge is 0.317 e. The number of nitrogens with two attached hydrogens (primary N) is 1. The predicted molar refractivity (Wildman–Crippen MR) is 152 cm³/mol. The van der Waals surface area contributed by atoms with E-state index in [1.165, 1.54) is 12.4 Å². The standard InChI is InChI=1S/C29H39F2N7O2/c1-33-16-19(15-32)22-13-18-5-4-11-37(26(18)14-23(22)27(30)31)28-24-17-36(29(39)34-2)12-10-25(24)38(35-28)20-6-8-21(40-3)9-7-20/h13-16,20-21,27H,4-12,17,32H2,1-3H3,(H,34,39). The van der Waals surface area contributed by atoms with Crippen LogP contribution in [0.2, 0.25) is 0 Å². The lowest BCUT2D eigenvalue weighted by Gasteiger charge is -2.33. The number of fused-ring (bicyclic) bond motifs is 2. The molecule has 3 heterocycles. The van der Waals surface area contributed by atoms with Crippen LogP contribution in [0.3, 0.4) is 0 Å². The van der Waals surface area contributed by atoms with Crippen LogP contribution >= 0.6 is 0 Å². The number of methoxy groups -OCH3 is 1. The molecule has 0 atom stereocenters. The summed E-state index contributed by atoms with van der Waals surface area (Å²) in [6.07, 6.45) is 6.61. The maximum absolute atomic E-state index is 14.4. The largest absolute Gasteiger partial charge is 0.404 e. The van der Waals surface area contributed by atoms with E-state index < -0.39 is 6.43 Å². The second-order valence-electron chi connectivity index (χ2n) is 10.7. The van der Waals surface area contributed by atoms with Crippen LogP contribution in [0.25, 0.3) is 5.57 Å². The minimum Gasteiger partial charge on any atom is -0.404 e. The molecule has 0 radical (unpaired) electrons. The van der Waals surface area contributed by atoms with Crippen LogP contribution < -0.4 is 16.0 Å². The number of allylic oxidation sites excluding steroid dienone is 1. The maximum atomic E-state index is 14.4. The van der Waals surface area contributed by atoms with E-state index in [1.807, 2.05) is 6.07 Å². The third kappa shape index (κ3) is 5.18. The van der Waals surface area contributed by atoms with Crippen molar-refractivity contribution in [2.75, 3.05) is 39.2 Å². The van der Waals surface area contributed by atoms with Gasteiger partial charge in [0.2, 0.25) is 0 Å². The Morgan fingerprint density at radius 3 is 2.65 bits per heavy atom. The van der Waals surface area contributed by atoms with Crippen LogP contribution in [0.1, 0.15) is 72.5 Å². The number of aliphatic imine (C=N–C) groups is 1. The molecule has 5 rings (SSSR count). The zero-order chi connectivity index (χ0) is 28.4. The van der Waals surface area contributed by atoms with Gasteiger partial charge >= 0.3 is 6.03 Å². The number of rotatable bonds is 6. The van der Waals surface area contributed by atoms with Gasteiger partial charge in [0, 0.05) is 81.2 Å². The van der Waals surface area contributed by atoms with Crippen molar-refractivity contribution >= 4 is 29.3 Å². The van der Waals surface area contributed by atoms with Crippen molar-refractivity contribution in [2.24, 2.45) is 10.7 Å². The number of hydrogen-bond acceptors (Lipinski definition) is 6. The van der Waals surface area contributed by atoms with Gasteiger partial charge in [-0.25, -0.2) is 13.6 Å². The topological polar surface area (TPSA) is 101 Å². The number of amides is 2. The van der Waals surface area contributed by atoms with Gasteiger partial charge in [0.05, 0.1) is 18.7 Å². The number of carbonyl (C=O) groups is 1. The van der Waals surface area contributed by atoms with Crippen molar-refractivity contribution in [3.63, 3.8) is 0 Å². The molecule has 3 aliphatic rings. The van der Waals surface area contributed by atoms with E-state index in [1.54, 1.807) is 32.2 Å². The van der Waals surface area contributed by atoms with Gasteiger partial charge < -0.3 is 25.6 Å². The zero-order valence-electron chi connectivity index (χ0n) is 23.5. The molecule has 216 valence electrons. The van der Waals surface area contributed by atoms with Crippen molar-refractivity contribution in [3.05, 3.63) is 46.3 Å². The van der Waals surface area contributed by atoms with E-state index in [0.717, 1.165) is 66.9 Å². The minimum atomic E-state index is -2.68. The fourth-order valence-corrected chi connectivity index (χ4v) is 6.44. The molecule has 2 aromatic rings. The molecule has 0 bridgehead atoms. The number of anilines is 2. The van der Waals surface area contributed by atoms with Crippen molar-refractivity contribution < 1.29 is 18.3 Å². The maximum Gasteiger partial charge on any atom is 0.317 e. The molecule has 40 heavy (non-hydrogen) atoms. The summed E-state index contributed by atoms with van der Waals surface area (Å²) in [6.45, 7) is 1.69. The molecule has 2 aliphatic heterocycles.